The number of carbonyl (C=O) groups is 1. The van der Waals surface area contributed by atoms with Gasteiger partial charge < -0.3 is 4.74 Å². The highest BCUT2D eigenvalue weighted by Gasteiger charge is 2.14. The van der Waals surface area contributed by atoms with Crippen LogP contribution < -0.4 is 0 Å². The summed E-state index contributed by atoms with van der Waals surface area (Å²) in [5.74, 6) is 0.0134. The molecule has 0 aliphatic rings. The molecule has 0 heterocycles. The van der Waals surface area contributed by atoms with Crippen LogP contribution in [-0.4, -0.2) is 22.5 Å². The summed E-state index contributed by atoms with van der Waals surface area (Å²) in [6.07, 6.45) is 0. The van der Waals surface area contributed by atoms with Gasteiger partial charge in [-0.2, -0.15) is 0 Å². The van der Waals surface area contributed by atoms with Gasteiger partial charge in [-0.1, -0.05) is 32.0 Å². The summed E-state index contributed by atoms with van der Waals surface area (Å²) < 4.78 is 16.4. The average Bonchev–Trinajstić information content (AvgIpc) is 2.28. The van der Waals surface area contributed by atoms with Gasteiger partial charge in [-0.05, 0) is 11.6 Å². The van der Waals surface area contributed by atoms with E-state index in [0.717, 1.165) is 5.56 Å². The van der Waals surface area contributed by atoms with Crippen LogP contribution >= 0.6 is 0 Å². The van der Waals surface area contributed by atoms with Crippen LogP contribution in [0.15, 0.2) is 24.3 Å². The number of hydrogen-bond acceptors (Lipinski definition) is 3. The van der Waals surface area contributed by atoms with E-state index in [4.69, 9.17) is 0 Å². The summed E-state index contributed by atoms with van der Waals surface area (Å²) in [6, 6.07) is 7.11. The maximum absolute atomic E-state index is 11.7. The number of rotatable bonds is 4. The molecular formula is C12H16O3S. The zero-order valence-corrected chi connectivity index (χ0v) is 10.5. The van der Waals surface area contributed by atoms with Crippen molar-refractivity contribution in [2.45, 2.75) is 24.9 Å². The van der Waals surface area contributed by atoms with E-state index in [9.17, 15) is 9.00 Å². The number of benzene rings is 1. The minimum Gasteiger partial charge on any atom is -0.465 e. The summed E-state index contributed by atoms with van der Waals surface area (Å²) in [4.78, 5) is 11.5. The second kappa shape index (κ2) is 5.80. The molecule has 0 fully saturated rings. The number of esters is 1. The predicted octanol–water partition coefficient (Wildman–Crippen LogP) is 2.13. The molecule has 1 rings (SSSR count). The number of methoxy groups -OCH3 is 1. The van der Waals surface area contributed by atoms with Crippen LogP contribution in [0.25, 0.3) is 0 Å². The lowest BCUT2D eigenvalue weighted by molar-refractivity contribution is 0.0600. The Kier molecular flexibility index (Phi) is 4.68. The Morgan fingerprint density at radius 3 is 2.56 bits per heavy atom. The first-order valence-corrected chi connectivity index (χ1v) is 6.48. The third kappa shape index (κ3) is 3.17. The molecule has 0 spiro atoms. The molecule has 1 unspecified atom stereocenters. The fraction of sp³-hybridized carbons (Fsp3) is 0.417. The first-order chi connectivity index (χ1) is 7.56. The molecule has 0 N–H and O–H groups in total. The van der Waals surface area contributed by atoms with Gasteiger partial charge in [0.05, 0.1) is 12.7 Å². The largest absolute Gasteiger partial charge is 0.465 e. The molecule has 16 heavy (non-hydrogen) atoms. The van der Waals surface area contributed by atoms with E-state index in [1.807, 2.05) is 26.0 Å². The lowest BCUT2D eigenvalue weighted by Crippen LogP contribution is -2.12. The summed E-state index contributed by atoms with van der Waals surface area (Å²) in [5, 5.41) is 0.0886. The Balaban J connectivity index is 2.95. The van der Waals surface area contributed by atoms with Crippen molar-refractivity contribution in [2.75, 3.05) is 7.11 Å². The van der Waals surface area contributed by atoms with E-state index < -0.39 is 10.8 Å². The Morgan fingerprint density at radius 1 is 1.38 bits per heavy atom. The molecule has 0 aliphatic carbocycles. The normalized spacial score (nSPS) is 12.5. The Bertz CT molecular complexity index is 399. The van der Waals surface area contributed by atoms with Gasteiger partial charge in [0.25, 0.3) is 0 Å². The molecule has 1 atom stereocenters. The molecule has 88 valence electrons. The van der Waals surface area contributed by atoms with Crippen molar-refractivity contribution < 1.29 is 13.7 Å². The van der Waals surface area contributed by atoms with Crippen LogP contribution in [0.4, 0.5) is 0 Å². The van der Waals surface area contributed by atoms with E-state index in [1.54, 1.807) is 12.1 Å². The lowest BCUT2D eigenvalue weighted by Gasteiger charge is -2.09. The van der Waals surface area contributed by atoms with Gasteiger partial charge in [0.15, 0.2) is 0 Å². The van der Waals surface area contributed by atoms with Crippen LogP contribution in [-0.2, 0) is 21.3 Å². The number of ether oxygens (including phenoxy) is 1. The van der Waals surface area contributed by atoms with E-state index in [1.165, 1.54) is 7.11 Å². The molecule has 0 radical (unpaired) electrons. The minimum absolute atomic E-state index is 0.0886. The van der Waals surface area contributed by atoms with E-state index in [0.29, 0.717) is 11.3 Å². The molecule has 0 aromatic heterocycles. The van der Waals surface area contributed by atoms with Gasteiger partial charge >= 0.3 is 5.97 Å². The zero-order valence-electron chi connectivity index (χ0n) is 9.73. The highest BCUT2D eigenvalue weighted by atomic mass is 32.2. The summed E-state index contributed by atoms with van der Waals surface area (Å²) >= 11 is 0. The Labute approximate surface area is 98.3 Å². The minimum atomic E-state index is -0.959. The van der Waals surface area contributed by atoms with Crippen molar-refractivity contribution in [1.29, 1.82) is 0 Å². The van der Waals surface area contributed by atoms with Crippen LogP contribution in [0.3, 0.4) is 0 Å². The standard InChI is InChI=1S/C12H16O3S/c1-9(2)16(14)8-10-6-4-5-7-11(10)12(13)15-3/h4-7,9H,8H2,1-3H3. The third-order valence-electron chi connectivity index (χ3n) is 2.25. The van der Waals surface area contributed by atoms with Crippen molar-refractivity contribution in [3.05, 3.63) is 35.4 Å². The lowest BCUT2D eigenvalue weighted by atomic mass is 10.1. The smallest absolute Gasteiger partial charge is 0.338 e. The van der Waals surface area contributed by atoms with Gasteiger partial charge in [0.1, 0.15) is 0 Å². The van der Waals surface area contributed by atoms with Crippen molar-refractivity contribution in [3.63, 3.8) is 0 Å². The molecule has 0 bridgehead atoms. The fourth-order valence-electron chi connectivity index (χ4n) is 1.28. The maximum atomic E-state index is 11.7. The van der Waals surface area contributed by atoms with E-state index in [2.05, 4.69) is 4.74 Å². The quantitative estimate of drug-likeness (QED) is 0.757. The molecule has 0 saturated carbocycles. The van der Waals surface area contributed by atoms with Gasteiger partial charge in [-0.15, -0.1) is 0 Å². The van der Waals surface area contributed by atoms with Crippen LogP contribution in [0.5, 0.6) is 0 Å². The molecule has 0 amide bonds. The highest BCUT2D eigenvalue weighted by molar-refractivity contribution is 7.84. The van der Waals surface area contributed by atoms with Crippen molar-refractivity contribution in [2.24, 2.45) is 0 Å². The zero-order chi connectivity index (χ0) is 12.1. The van der Waals surface area contributed by atoms with E-state index in [-0.39, 0.29) is 11.2 Å². The first kappa shape index (κ1) is 12.9. The fourth-order valence-corrected chi connectivity index (χ4v) is 2.17. The molecule has 0 saturated heterocycles. The molecule has 3 nitrogen and oxygen atoms in total. The van der Waals surface area contributed by atoms with Crippen molar-refractivity contribution >= 4 is 16.8 Å². The topological polar surface area (TPSA) is 43.4 Å². The van der Waals surface area contributed by atoms with Crippen LogP contribution in [0.1, 0.15) is 29.8 Å². The predicted molar refractivity (Wildman–Crippen MR) is 64.8 cm³/mol. The third-order valence-corrected chi connectivity index (χ3v) is 3.89. The van der Waals surface area contributed by atoms with E-state index >= 15 is 0 Å². The number of hydrogen-bond donors (Lipinski definition) is 0. The Hall–Kier alpha value is -1.16. The van der Waals surface area contributed by atoms with Crippen molar-refractivity contribution in [3.8, 4) is 0 Å². The van der Waals surface area contributed by atoms with Gasteiger partial charge in [0, 0.05) is 21.8 Å². The molecule has 1 aromatic carbocycles. The monoisotopic (exact) mass is 240 g/mol. The summed E-state index contributed by atoms with van der Waals surface area (Å²) in [5.41, 5.74) is 1.28. The van der Waals surface area contributed by atoms with Gasteiger partial charge in [0.2, 0.25) is 0 Å². The number of carbonyl (C=O) groups excluding carboxylic acids is 1. The van der Waals surface area contributed by atoms with Crippen molar-refractivity contribution in [1.82, 2.24) is 0 Å². The molecule has 0 aliphatic heterocycles. The maximum Gasteiger partial charge on any atom is 0.338 e. The molecule has 4 heteroatoms. The summed E-state index contributed by atoms with van der Waals surface area (Å²) in [6.45, 7) is 3.80. The highest BCUT2D eigenvalue weighted by Crippen LogP contribution is 2.14. The second-order valence-corrected chi connectivity index (χ2v) is 5.72. The van der Waals surface area contributed by atoms with Crippen LogP contribution in [0.2, 0.25) is 0 Å². The van der Waals surface area contributed by atoms with Gasteiger partial charge in [-0.3, -0.25) is 4.21 Å². The average molecular weight is 240 g/mol. The molecular weight excluding hydrogens is 224 g/mol. The van der Waals surface area contributed by atoms with Crippen LogP contribution in [0, 0.1) is 0 Å². The van der Waals surface area contributed by atoms with Gasteiger partial charge in [-0.25, -0.2) is 4.79 Å². The Morgan fingerprint density at radius 2 is 2.00 bits per heavy atom. The second-order valence-electron chi connectivity index (χ2n) is 3.72. The first-order valence-electron chi connectivity index (χ1n) is 5.09. The SMILES string of the molecule is COC(=O)c1ccccc1CS(=O)C(C)C. The molecule has 1 aromatic rings. The summed E-state index contributed by atoms with van der Waals surface area (Å²) in [7, 11) is 0.386.